The molecular weight excluding hydrogens is 128 g/mol. The molecule has 0 fully saturated rings. The van der Waals surface area contributed by atoms with E-state index in [0.717, 1.165) is 18.6 Å². The zero-order valence-electron chi connectivity index (χ0n) is 5.85. The molecule has 0 spiro atoms. The first-order valence-electron chi connectivity index (χ1n) is 3.12. The molecule has 0 radical (unpaired) electrons. The fourth-order valence-corrected chi connectivity index (χ4v) is 0.757. The zero-order chi connectivity index (χ0) is 7.11. The Balaban J connectivity index is 3.45. The molecule has 0 aromatic rings. The summed E-state index contributed by atoms with van der Waals surface area (Å²) in [6.45, 7) is 5.57. The van der Waals surface area contributed by atoms with Gasteiger partial charge in [0, 0.05) is 0 Å². The predicted octanol–water partition coefficient (Wildman–Crippen LogP) is 2.63. The van der Waals surface area contributed by atoms with Crippen molar-refractivity contribution >= 4 is 12.6 Å². The lowest BCUT2D eigenvalue weighted by Gasteiger charge is -2.05. The van der Waals surface area contributed by atoms with Crippen LogP contribution in [-0.2, 0) is 0 Å². The highest BCUT2D eigenvalue weighted by Crippen LogP contribution is 2.04. The molecule has 9 heavy (non-hydrogen) atoms. The third kappa shape index (κ3) is 4.34. The lowest BCUT2D eigenvalue weighted by atomic mass is 10.1. The first-order chi connectivity index (χ1) is 4.35. The van der Waals surface area contributed by atoms with Crippen molar-refractivity contribution in [2.24, 2.45) is 0 Å². The van der Waals surface area contributed by atoms with Crippen LogP contribution < -0.4 is 0 Å². The van der Waals surface area contributed by atoms with E-state index in [1.54, 1.807) is 0 Å². The van der Waals surface area contributed by atoms with Crippen molar-refractivity contribution in [1.29, 1.82) is 0 Å². The molecule has 0 unspecified atom stereocenters. The van der Waals surface area contributed by atoms with E-state index in [9.17, 15) is 0 Å². The third-order valence-electron chi connectivity index (χ3n) is 1.17. The minimum absolute atomic E-state index is 0.943. The summed E-state index contributed by atoms with van der Waals surface area (Å²) < 4.78 is 0. The van der Waals surface area contributed by atoms with E-state index in [4.69, 9.17) is 0 Å². The monoisotopic (exact) mass is 141 g/mol. The normalized spacial score (nSPS) is 11.6. The van der Waals surface area contributed by atoms with Gasteiger partial charge < -0.3 is 0 Å². The summed E-state index contributed by atoms with van der Waals surface area (Å²) in [7, 11) is 0. The molecule has 0 nitrogen and oxygen atoms in total. The molecule has 0 bridgehead atoms. The quantitative estimate of drug-likeness (QED) is 0.347. The Bertz CT molecular complexity index is 103. The lowest BCUT2D eigenvalue weighted by Crippen LogP contribution is -1.79. The van der Waals surface area contributed by atoms with Gasteiger partial charge in [0.25, 0.3) is 0 Å². The fourth-order valence-electron chi connectivity index (χ4n) is 0.599. The van der Waals surface area contributed by atoms with Gasteiger partial charge >= 0.3 is 0 Å². The average molecular weight is 141 g/mol. The van der Waals surface area contributed by atoms with E-state index >= 15 is 0 Å². The molecule has 0 aromatic carbocycles. The van der Waals surface area contributed by atoms with Crippen LogP contribution in [0.15, 0.2) is 18.2 Å². The Hall–Kier alpha value is -0.170. The zero-order valence-corrected chi connectivity index (χ0v) is 6.75. The van der Waals surface area contributed by atoms with E-state index in [-0.39, 0.29) is 0 Å². The van der Waals surface area contributed by atoms with E-state index in [2.05, 4.69) is 25.3 Å². The predicted molar refractivity (Wildman–Crippen MR) is 45.7 cm³/mol. The van der Waals surface area contributed by atoms with Crippen molar-refractivity contribution in [2.75, 3.05) is 5.75 Å². The molecular formula is C8H13S-. The molecule has 0 amide bonds. The summed E-state index contributed by atoms with van der Waals surface area (Å²) in [5, 5.41) is 0. The van der Waals surface area contributed by atoms with Crippen molar-refractivity contribution in [3.05, 3.63) is 24.3 Å². The topological polar surface area (TPSA) is 0 Å². The van der Waals surface area contributed by atoms with E-state index in [0.29, 0.717) is 0 Å². The van der Waals surface area contributed by atoms with Crippen LogP contribution in [0.1, 0.15) is 19.8 Å². The number of allylic oxidation sites excluding steroid dienone is 3. The minimum Gasteiger partial charge on any atom is -0.275 e. The second-order valence-corrected chi connectivity index (χ2v) is 2.25. The van der Waals surface area contributed by atoms with Gasteiger partial charge in [-0.2, -0.15) is 19.2 Å². The largest absolute Gasteiger partial charge is 0.275 e. The Morgan fingerprint density at radius 2 is 2.44 bits per heavy atom. The molecule has 0 heterocycles. The summed E-state index contributed by atoms with van der Waals surface area (Å²) in [6.07, 6.45) is 7.08. The van der Waals surface area contributed by atoms with Crippen LogP contribution >= 0.6 is 12.6 Å². The number of rotatable bonds is 4. The summed E-state index contributed by atoms with van der Waals surface area (Å²) in [6, 6.07) is 0. The maximum Gasteiger partial charge on any atom is -0.00958 e. The van der Waals surface area contributed by atoms with Gasteiger partial charge in [-0.1, -0.05) is 6.42 Å². The van der Waals surface area contributed by atoms with Crippen molar-refractivity contribution < 1.29 is 0 Å². The van der Waals surface area contributed by atoms with Crippen LogP contribution in [0.5, 0.6) is 0 Å². The molecule has 0 aliphatic carbocycles. The summed E-state index contributed by atoms with van der Waals surface area (Å²) in [4.78, 5) is 0. The molecule has 0 aliphatic rings. The SMILES string of the molecule is C=CC(=[C-]C)CCCS. The van der Waals surface area contributed by atoms with Crippen LogP contribution in [0.25, 0.3) is 0 Å². The van der Waals surface area contributed by atoms with Gasteiger partial charge in [0.2, 0.25) is 0 Å². The van der Waals surface area contributed by atoms with E-state index < -0.39 is 0 Å². The number of thiol groups is 1. The highest BCUT2D eigenvalue weighted by atomic mass is 32.1. The van der Waals surface area contributed by atoms with Gasteiger partial charge in [-0.05, 0) is 12.2 Å². The third-order valence-corrected chi connectivity index (χ3v) is 1.49. The van der Waals surface area contributed by atoms with Crippen molar-refractivity contribution in [3.63, 3.8) is 0 Å². The minimum atomic E-state index is 0.943. The number of hydrogen-bond donors (Lipinski definition) is 1. The van der Waals surface area contributed by atoms with Crippen molar-refractivity contribution in [1.82, 2.24) is 0 Å². The first-order valence-corrected chi connectivity index (χ1v) is 3.75. The van der Waals surface area contributed by atoms with Crippen LogP contribution in [0, 0.1) is 6.08 Å². The van der Waals surface area contributed by atoms with Crippen LogP contribution in [0.4, 0.5) is 0 Å². The van der Waals surface area contributed by atoms with Gasteiger partial charge in [-0.15, -0.1) is 6.92 Å². The Morgan fingerprint density at radius 3 is 2.78 bits per heavy atom. The first kappa shape index (κ1) is 8.83. The summed E-state index contributed by atoms with van der Waals surface area (Å²) >= 11 is 4.10. The maximum atomic E-state index is 4.10. The Labute approximate surface area is 63.1 Å². The number of hydrogen-bond acceptors (Lipinski definition) is 1. The van der Waals surface area contributed by atoms with E-state index in [1.165, 1.54) is 5.57 Å². The van der Waals surface area contributed by atoms with Crippen LogP contribution in [-0.4, -0.2) is 5.75 Å². The summed E-state index contributed by atoms with van der Waals surface area (Å²) in [5.74, 6) is 0.943. The van der Waals surface area contributed by atoms with Crippen molar-refractivity contribution in [3.8, 4) is 0 Å². The van der Waals surface area contributed by atoms with Crippen LogP contribution in [0.2, 0.25) is 0 Å². The Morgan fingerprint density at radius 1 is 1.78 bits per heavy atom. The Kier molecular flexibility index (Phi) is 5.85. The van der Waals surface area contributed by atoms with Gasteiger partial charge in [0.05, 0.1) is 0 Å². The van der Waals surface area contributed by atoms with Crippen LogP contribution in [0.3, 0.4) is 0 Å². The van der Waals surface area contributed by atoms with E-state index in [1.807, 2.05) is 13.0 Å². The second-order valence-electron chi connectivity index (χ2n) is 1.81. The molecule has 0 rings (SSSR count). The summed E-state index contributed by atoms with van der Waals surface area (Å²) in [5.41, 5.74) is 1.20. The highest BCUT2D eigenvalue weighted by molar-refractivity contribution is 7.80. The van der Waals surface area contributed by atoms with Gasteiger partial charge in [-0.25, -0.2) is 11.6 Å². The lowest BCUT2D eigenvalue weighted by molar-refractivity contribution is 0.935. The fraction of sp³-hybridized carbons (Fsp3) is 0.500. The molecule has 0 atom stereocenters. The standard InChI is InChI=1S/C8H13S/c1-3-8(4-2)6-5-7-9/h3,9H,1,5-7H2,2H3/q-1. The molecule has 1 heteroatoms. The van der Waals surface area contributed by atoms with Crippen molar-refractivity contribution in [2.45, 2.75) is 19.8 Å². The highest BCUT2D eigenvalue weighted by Gasteiger charge is 1.79. The molecule has 0 aromatic heterocycles. The molecule has 52 valence electrons. The average Bonchev–Trinajstić information content (AvgIpc) is 1.91. The molecule has 0 aliphatic heterocycles. The second kappa shape index (κ2) is 5.96. The van der Waals surface area contributed by atoms with Gasteiger partial charge in [0.1, 0.15) is 0 Å². The smallest absolute Gasteiger partial charge is 0.00958 e. The van der Waals surface area contributed by atoms with Gasteiger partial charge in [-0.3, -0.25) is 6.08 Å². The van der Waals surface area contributed by atoms with Gasteiger partial charge in [0.15, 0.2) is 0 Å². The maximum absolute atomic E-state index is 4.10. The molecule has 0 saturated carbocycles. The molecule has 0 saturated heterocycles. The molecule has 0 N–H and O–H groups in total.